The molecule has 2 aromatic rings. The summed E-state index contributed by atoms with van der Waals surface area (Å²) in [4.78, 5) is 14.9. The van der Waals surface area contributed by atoms with Crippen LogP contribution in [-0.4, -0.2) is 47.7 Å². The Morgan fingerprint density at radius 3 is 2.30 bits per heavy atom. The minimum Gasteiger partial charge on any atom is -0.371 e. The van der Waals surface area contributed by atoms with E-state index in [0.717, 1.165) is 11.0 Å². The Morgan fingerprint density at radius 1 is 1.10 bits per heavy atom. The van der Waals surface area contributed by atoms with Crippen LogP contribution < -0.4 is 5.32 Å². The van der Waals surface area contributed by atoms with Crippen LogP contribution in [0.1, 0.15) is 61.6 Å². The third-order valence-electron chi connectivity index (χ3n) is 7.24. The number of amides is 1. The molecule has 6 heteroatoms. The highest BCUT2D eigenvalue weighted by Crippen LogP contribution is 2.38. The highest BCUT2D eigenvalue weighted by molar-refractivity contribution is 7.12. The van der Waals surface area contributed by atoms with Gasteiger partial charge in [0.05, 0.1) is 42.0 Å². The molecule has 1 atom stereocenters. The molecule has 0 unspecified atom stereocenters. The number of piperidine rings is 3. The quantitative estimate of drug-likeness (QED) is 0.408. The molecule has 5 rings (SSSR count). The largest absolute Gasteiger partial charge is 0.371 e. The van der Waals surface area contributed by atoms with Gasteiger partial charge in [-0.15, -0.1) is 22.7 Å². The first-order valence-electron chi connectivity index (χ1n) is 11.5. The molecular weight excluding hydrogens is 412 g/mol. The zero-order valence-corrected chi connectivity index (χ0v) is 19.6. The standard InChI is InChI=1S/C24H34N2O2S2/c1-2-3-4-5-6-13-26-14-11-19(12-15-26)20(18-26)25-23(27)24(28,21-9-7-16-29-21)22-10-8-17-30-22/h7-10,16-17,19-20,28H,2-6,11-15,18H2,1H3/p+1/t19?,20-,26?/m0/s1. The number of nitrogens with zero attached hydrogens (tertiary/aromatic N) is 1. The Labute approximate surface area is 188 Å². The molecule has 30 heavy (non-hydrogen) atoms. The molecule has 0 saturated carbocycles. The van der Waals surface area contributed by atoms with Crippen molar-refractivity contribution in [1.82, 2.24) is 5.32 Å². The van der Waals surface area contributed by atoms with Crippen molar-refractivity contribution in [3.63, 3.8) is 0 Å². The molecule has 3 aliphatic heterocycles. The predicted molar refractivity (Wildman–Crippen MR) is 125 cm³/mol. The van der Waals surface area contributed by atoms with Crippen LogP contribution in [0.15, 0.2) is 35.0 Å². The molecule has 3 aliphatic rings. The van der Waals surface area contributed by atoms with Gasteiger partial charge in [0.2, 0.25) is 5.60 Å². The van der Waals surface area contributed by atoms with Gasteiger partial charge in [0.25, 0.3) is 5.91 Å². The van der Waals surface area contributed by atoms with E-state index in [1.807, 2.05) is 35.0 Å². The van der Waals surface area contributed by atoms with Gasteiger partial charge >= 0.3 is 0 Å². The number of thiophene rings is 2. The lowest BCUT2D eigenvalue weighted by Crippen LogP contribution is -2.68. The predicted octanol–water partition coefficient (Wildman–Crippen LogP) is 4.74. The number of hydrogen-bond acceptors (Lipinski definition) is 4. The van der Waals surface area contributed by atoms with Crippen LogP contribution >= 0.6 is 22.7 Å². The second-order valence-corrected chi connectivity index (χ2v) is 11.1. The second kappa shape index (κ2) is 9.51. The molecule has 2 N–H and O–H groups in total. The minimum absolute atomic E-state index is 0.169. The number of unbranched alkanes of at least 4 members (excludes halogenated alkanes) is 4. The number of aliphatic hydroxyl groups is 1. The molecule has 0 aliphatic carbocycles. The fourth-order valence-electron chi connectivity index (χ4n) is 5.40. The van der Waals surface area contributed by atoms with Gasteiger partial charge in [-0.25, -0.2) is 0 Å². The van der Waals surface area contributed by atoms with Crippen molar-refractivity contribution in [3.05, 3.63) is 44.8 Å². The third kappa shape index (κ3) is 4.38. The summed E-state index contributed by atoms with van der Waals surface area (Å²) in [6, 6.07) is 7.70. The number of quaternary nitrogens is 1. The van der Waals surface area contributed by atoms with Gasteiger partial charge in [0, 0.05) is 12.8 Å². The number of carbonyl (C=O) groups is 1. The van der Waals surface area contributed by atoms with Gasteiger partial charge in [-0.2, -0.15) is 0 Å². The van der Waals surface area contributed by atoms with Crippen molar-refractivity contribution >= 4 is 28.6 Å². The molecule has 2 bridgehead atoms. The van der Waals surface area contributed by atoms with Crippen molar-refractivity contribution in [2.75, 3.05) is 26.2 Å². The van der Waals surface area contributed by atoms with E-state index in [1.165, 1.54) is 87.3 Å². The summed E-state index contributed by atoms with van der Waals surface area (Å²) in [6.45, 7) is 7.03. The number of rotatable bonds is 10. The molecular formula is C24H35N2O2S2+. The topological polar surface area (TPSA) is 49.3 Å². The van der Waals surface area contributed by atoms with E-state index in [2.05, 4.69) is 12.2 Å². The van der Waals surface area contributed by atoms with Crippen LogP contribution in [0.4, 0.5) is 0 Å². The zero-order chi connectivity index (χ0) is 21.0. The van der Waals surface area contributed by atoms with Gasteiger partial charge in [-0.1, -0.05) is 38.3 Å². The maximum absolute atomic E-state index is 13.5. The molecule has 3 saturated heterocycles. The summed E-state index contributed by atoms with van der Waals surface area (Å²) >= 11 is 2.88. The van der Waals surface area contributed by atoms with Gasteiger partial charge in [0.15, 0.2) is 0 Å². The van der Waals surface area contributed by atoms with Crippen molar-refractivity contribution < 1.29 is 14.4 Å². The average Bonchev–Trinajstić information content (AvgIpc) is 3.48. The molecule has 2 aromatic heterocycles. The van der Waals surface area contributed by atoms with Crippen molar-refractivity contribution in [3.8, 4) is 0 Å². The molecule has 3 fully saturated rings. The first-order valence-corrected chi connectivity index (χ1v) is 13.3. The number of fused-ring (bicyclic) bond motifs is 3. The van der Waals surface area contributed by atoms with Gasteiger partial charge in [0.1, 0.15) is 0 Å². The molecule has 0 aromatic carbocycles. The van der Waals surface area contributed by atoms with Crippen molar-refractivity contribution in [2.24, 2.45) is 5.92 Å². The molecule has 1 amide bonds. The van der Waals surface area contributed by atoms with Crippen LogP contribution in [0.25, 0.3) is 0 Å². The monoisotopic (exact) mass is 447 g/mol. The summed E-state index contributed by atoms with van der Waals surface area (Å²) in [6.07, 6.45) is 8.96. The van der Waals surface area contributed by atoms with Crippen molar-refractivity contribution in [1.29, 1.82) is 0 Å². The van der Waals surface area contributed by atoms with Crippen LogP contribution in [0.2, 0.25) is 0 Å². The Morgan fingerprint density at radius 2 is 1.73 bits per heavy atom. The van der Waals surface area contributed by atoms with Crippen LogP contribution in [-0.2, 0) is 10.4 Å². The van der Waals surface area contributed by atoms with Crippen LogP contribution in [0, 0.1) is 5.92 Å². The zero-order valence-electron chi connectivity index (χ0n) is 18.0. The third-order valence-corrected chi connectivity index (χ3v) is 9.20. The summed E-state index contributed by atoms with van der Waals surface area (Å²) in [7, 11) is 0. The molecule has 164 valence electrons. The van der Waals surface area contributed by atoms with E-state index in [0.29, 0.717) is 15.7 Å². The van der Waals surface area contributed by atoms with E-state index in [9.17, 15) is 9.90 Å². The summed E-state index contributed by atoms with van der Waals surface area (Å²) in [5.74, 6) is 0.289. The van der Waals surface area contributed by atoms with Gasteiger partial charge < -0.3 is 14.9 Å². The second-order valence-electron chi connectivity index (χ2n) is 9.19. The Hall–Kier alpha value is -1.21. The van der Waals surface area contributed by atoms with Gasteiger partial charge in [-0.3, -0.25) is 4.79 Å². The number of carbonyl (C=O) groups excluding carboxylic acids is 1. The SMILES string of the molecule is CCCCCCC[N+]12CCC(CC1)[C@@H](NC(=O)C(O)(c1cccs1)c1cccs1)C2. The fourth-order valence-corrected chi connectivity index (χ4v) is 7.14. The number of nitrogens with one attached hydrogen (secondary N) is 1. The summed E-state index contributed by atoms with van der Waals surface area (Å²) < 4.78 is 1.16. The Bertz CT molecular complexity index is 761. The normalized spacial score (nSPS) is 26.1. The summed E-state index contributed by atoms with van der Waals surface area (Å²) in [5, 5.41) is 18.8. The smallest absolute Gasteiger partial charge is 0.263 e. The summed E-state index contributed by atoms with van der Waals surface area (Å²) in [5.41, 5.74) is -1.58. The van der Waals surface area contributed by atoms with Crippen molar-refractivity contribution in [2.45, 2.75) is 63.5 Å². The lowest BCUT2D eigenvalue weighted by atomic mass is 9.81. The fraction of sp³-hybridized carbons (Fsp3) is 0.625. The lowest BCUT2D eigenvalue weighted by Gasteiger charge is -2.53. The van der Waals surface area contributed by atoms with Crippen LogP contribution in [0.3, 0.4) is 0 Å². The van der Waals surface area contributed by atoms with E-state index >= 15 is 0 Å². The Balaban J connectivity index is 1.45. The minimum atomic E-state index is -1.58. The number of hydrogen-bond donors (Lipinski definition) is 2. The molecule has 0 radical (unpaired) electrons. The highest BCUT2D eigenvalue weighted by Gasteiger charge is 2.49. The van der Waals surface area contributed by atoms with Gasteiger partial charge in [-0.05, 0) is 41.7 Å². The van der Waals surface area contributed by atoms with E-state index in [-0.39, 0.29) is 11.9 Å². The maximum atomic E-state index is 13.5. The highest BCUT2D eigenvalue weighted by atomic mass is 32.1. The maximum Gasteiger partial charge on any atom is 0.263 e. The average molecular weight is 448 g/mol. The van der Waals surface area contributed by atoms with E-state index in [1.54, 1.807) is 0 Å². The Kier molecular flexibility index (Phi) is 6.98. The first kappa shape index (κ1) is 22.0. The van der Waals surface area contributed by atoms with Crippen LogP contribution in [0.5, 0.6) is 0 Å². The lowest BCUT2D eigenvalue weighted by molar-refractivity contribution is -0.944. The van der Waals surface area contributed by atoms with E-state index < -0.39 is 5.60 Å². The first-order chi connectivity index (χ1) is 14.6. The molecule has 5 heterocycles. The molecule has 4 nitrogen and oxygen atoms in total. The molecule has 0 spiro atoms. The van der Waals surface area contributed by atoms with E-state index in [4.69, 9.17) is 0 Å².